The largest absolute Gasteiger partial charge is 0.399 e. The second-order valence-corrected chi connectivity index (χ2v) is 7.39. The Morgan fingerprint density at radius 2 is 1.65 bits per heavy atom. The zero-order chi connectivity index (χ0) is 14.9. The molecule has 0 aromatic heterocycles. The molecule has 0 spiro atoms. The van der Waals surface area contributed by atoms with Gasteiger partial charge in [0.1, 0.15) is 0 Å². The lowest BCUT2D eigenvalue weighted by Crippen LogP contribution is -2.07. The number of rotatable bonds is 3. The Morgan fingerprint density at radius 1 is 0.950 bits per heavy atom. The SMILES string of the molecule is Nc1ccc(Cl)c(S(=O)(=O)Cc2ccc(Cl)cc2Cl)c1. The van der Waals surface area contributed by atoms with Crippen LogP contribution in [0.3, 0.4) is 0 Å². The first-order chi connectivity index (χ1) is 9.29. The van der Waals surface area contributed by atoms with Gasteiger partial charge in [0.05, 0.1) is 15.7 Å². The van der Waals surface area contributed by atoms with Crippen molar-refractivity contribution in [3.63, 3.8) is 0 Å². The lowest BCUT2D eigenvalue weighted by molar-refractivity contribution is 0.595. The number of nitrogens with two attached hydrogens (primary N) is 1. The van der Waals surface area contributed by atoms with Crippen LogP contribution in [0, 0.1) is 0 Å². The summed E-state index contributed by atoms with van der Waals surface area (Å²) in [5.74, 6) is -0.272. The molecule has 20 heavy (non-hydrogen) atoms. The number of halogens is 3. The van der Waals surface area contributed by atoms with E-state index in [0.29, 0.717) is 21.3 Å². The van der Waals surface area contributed by atoms with Gasteiger partial charge in [-0.1, -0.05) is 40.9 Å². The van der Waals surface area contributed by atoms with E-state index < -0.39 is 9.84 Å². The first-order valence-electron chi connectivity index (χ1n) is 5.51. The molecular weight excluding hydrogens is 341 g/mol. The molecule has 2 aromatic carbocycles. The summed E-state index contributed by atoms with van der Waals surface area (Å²) < 4.78 is 24.8. The molecular formula is C13H10Cl3NO2S. The molecule has 0 aliphatic rings. The van der Waals surface area contributed by atoms with Gasteiger partial charge in [0.2, 0.25) is 0 Å². The highest BCUT2D eigenvalue weighted by atomic mass is 35.5. The molecule has 3 nitrogen and oxygen atoms in total. The molecule has 0 heterocycles. The van der Waals surface area contributed by atoms with Crippen LogP contribution in [0.1, 0.15) is 5.56 Å². The van der Waals surface area contributed by atoms with E-state index in [1.165, 1.54) is 24.3 Å². The molecule has 0 atom stereocenters. The lowest BCUT2D eigenvalue weighted by Gasteiger charge is -2.09. The van der Waals surface area contributed by atoms with E-state index in [-0.39, 0.29) is 15.7 Å². The molecule has 0 unspecified atom stereocenters. The predicted molar refractivity (Wildman–Crippen MR) is 83.2 cm³/mol. The molecule has 2 aromatic rings. The van der Waals surface area contributed by atoms with E-state index >= 15 is 0 Å². The Balaban J connectivity index is 2.43. The van der Waals surface area contributed by atoms with Crippen LogP contribution in [0.25, 0.3) is 0 Å². The van der Waals surface area contributed by atoms with Crippen LogP contribution in [0.2, 0.25) is 15.1 Å². The highest BCUT2D eigenvalue weighted by molar-refractivity contribution is 7.90. The van der Waals surface area contributed by atoms with Gasteiger partial charge < -0.3 is 5.73 Å². The Hall–Kier alpha value is -0.940. The van der Waals surface area contributed by atoms with Gasteiger partial charge in [-0.2, -0.15) is 0 Å². The first-order valence-corrected chi connectivity index (χ1v) is 8.30. The second-order valence-electron chi connectivity index (χ2n) is 4.18. The molecule has 0 amide bonds. The number of sulfone groups is 1. The average Bonchev–Trinajstić information content (AvgIpc) is 2.35. The Morgan fingerprint density at radius 3 is 2.30 bits per heavy atom. The fourth-order valence-electron chi connectivity index (χ4n) is 1.68. The van der Waals surface area contributed by atoms with E-state index in [9.17, 15) is 8.42 Å². The third-order valence-electron chi connectivity index (χ3n) is 2.65. The summed E-state index contributed by atoms with van der Waals surface area (Å²) in [5, 5.41) is 0.864. The van der Waals surface area contributed by atoms with E-state index in [4.69, 9.17) is 40.5 Å². The van der Waals surface area contributed by atoms with Crippen molar-refractivity contribution in [3.05, 3.63) is 57.0 Å². The summed E-state index contributed by atoms with van der Waals surface area (Å²) in [6, 6.07) is 8.97. The molecule has 0 aliphatic carbocycles. The molecule has 106 valence electrons. The van der Waals surface area contributed by atoms with Crippen LogP contribution in [0.4, 0.5) is 5.69 Å². The van der Waals surface area contributed by atoms with Crippen LogP contribution < -0.4 is 5.73 Å². The fourth-order valence-corrected chi connectivity index (χ4v) is 4.20. The smallest absolute Gasteiger partial charge is 0.184 e. The monoisotopic (exact) mass is 349 g/mol. The van der Waals surface area contributed by atoms with Gasteiger partial charge >= 0.3 is 0 Å². The third kappa shape index (κ3) is 3.38. The highest BCUT2D eigenvalue weighted by Crippen LogP contribution is 2.29. The highest BCUT2D eigenvalue weighted by Gasteiger charge is 2.20. The summed E-state index contributed by atoms with van der Waals surface area (Å²) in [6.07, 6.45) is 0. The van der Waals surface area contributed by atoms with Gasteiger partial charge in [0.25, 0.3) is 0 Å². The summed E-state index contributed by atoms with van der Waals surface area (Å²) in [5.41, 5.74) is 6.38. The van der Waals surface area contributed by atoms with Gasteiger partial charge in [-0.15, -0.1) is 0 Å². The Bertz CT molecular complexity index is 760. The van der Waals surface area contributed by atoms with Crippen molar-refractivity contribution < 1.29 is 8.42 Å². The summed E-state index contributed by atoms with van der Waals surface area (Å²) >= 11 is 17.7. The topological polar surface area (TPSA) is 60.2 Å². The molecule has 2 rings (SSSR count). The minimum absolute atomic E-state index is 0.00909. The minimum Gasteiger partial charge on any atom is -0.399 e. The van der Waals surface area contributed by atoms with E-state index in [1.807, 2.05) is 0 Å². The van der Waals surface area contributed by atoms with Crippen molar-refractivity contribution in [1.29, 1.82) is 0 Å². The zero-order valence-electron chi connectivity index (χ0n) is 10.1. The third-order valence-corrected chi connectivity index (χ3v) is 5.38. The molecule has 0 saturated heterocycles. The van der Waals surface area contributed by atoms with Crippen molar-refractivity contribution >= 4 is 50.3 Å². The molecule has 0 saturated carbocycles. The summed E-state index contributed by atoms with van der Waals surface area (Å²) in [7, 11) is -3.64. The van der Waals surface area contributed by atoms with Crippen molar-refractivity contribution in [2.24, 2.45) is 0 Å². The number of hydrogen-bond acceptors (Lipinski definition) is 3. The van der Waals surface area contributed by atoms with Crippen LogP contribution >= 0.6 is 34.8 Å². The minimum atomic E-state index is -3.64. The Labute approximate surface area is 132 Å². The normalized spacial score (nSPS) is 11.6. The zero-order valence-corrected chi connectivity index (χ0v) is 13.2. The van der Waals surface area contributed by atoms with Crippen molar-refractivity contribution in [2.45, 2.75) is 10.6 Å². The van der Waals surface area contributed by atoms with Crippen molar-refractivity contribution in [2.75, 3.05) is 5.73 Å². The second kappa shape index (κ2) is 5.82. The number of benzene rings is 2. The molecule has 0 bridgehead atoms. The van der Waals surface area contributed by atoms with Crippen molar-refractivity contribution in [1.82, 2.24) is 0 Å². The molecule has 0 radical (unpaired) electrons. The maximum absolute atomic E-state index is 12.4. The van der Waals surface area contributed by atoms with Crippen LogP contribution in [0.5, 0.6) is 0 Å². The van der Waals surface area contributed by atoms with Gasteiger partial charge in [-0.25, -0.2) is 8.42 Å². The van der Waals surface area contributed by atoms with Crippen molar-refractivity contribution in [3.8, 4) is 0 Å². The van der Waals surface area contributed by atoms with Crippen LogP contribution in [-0.4, -0.2) is 8.42 Å². The van der Waals surface area contributed by atoms with Crippen LogP contribution in [0.15, 0.2) is 41.3 Å². The van der Waals surface area contributed by atoms with Gasteiger partial charge in [0, 0.05) is 15.7 Å². The maximum Gasteiger partial charge on any atom is 0.184 e. The fraction of sp³-hybridized carbons (Fsp3) is 0.0769. The van der Waals surface area contributed by atoms with E-state index in [0.717, 1.165) is 0 Å². The Kier molecular flexibility index (Phi) is 4.49. The molecule has 0 aliphatic heterocycles. The number of hydrogen-bond donors (Lipinski definition) is 1. The summed E-state index contributed by atoms with van der Waals surface area (Å²) in [4.78, 5) is -0.00909. The predicted octanol–water partition coefficient (Wildman–Crippen LogP) is 4.20. The van der Waals surface area contributed by atoms with Gasteiger partial charge in [0.15, 0.2) is 9.84 Å². The maximum atomic E-state index is 12.4. The van der Waals surface area contributed by atoms with Crippen LogP contribution in [-0.2, 0) is 15.6 Å². The van der Waals surface area contributed by atoms with Gasteiger partial charge in [-0.3, -0.25) is 0 Å². The standard InChI is InChI=1S/C13H10Cl3NO2S/c14-9-2-1-8(12(16)5-9)7-20(18,19)13-6-10(17)3-4-11(13)15/h1-6H,7,17H2. The summed E-state index contributed by atoms with van der Waals surface area (Å²) in [6.45, 7) is 0. The molecule has 2 N–H and O–H groups in total. The number of nitrogen functional groups attached to an aromatic ring is 1. The molecule has 0 fully saturated rings. The van der Waals surface area contributed by atoms with Gasteiger partial charge in [-0.05, 0) is 35.9 Å². The number of anilines is 1. The average molecular weight is 351 g/mol. The van der Waals surface area contributed by atoms with E-state index in [2.05, 4.69) is 0 Å². The van der Waals surface area contributed by atoms with E-state index in [1.54, 1.807) is 12.1 Å². The molecule has 7 heteroatoms. The first kappa shape index (κ1) is 15.4. The lowest BCUT2D eigenvalue weighted by atomic mass is 10.2. The quantitative estimate of drug-likeness (QED) is 0.844.